The van der Waals surface area contributed by atoms with Crippen molar-refractivity contribution in [3.63, 3.8) is 0 Å². The Balaban J connectivity index is 1.62. The van der Waals surface area contributed by atoms with Crippen molar-refractivity contribution >= 4 is 17.2 Å². The van der Waals surface area contributed by atoms with Crippen LogP contribution in [0.4, 0.5) is 0 Å². The summed E-state index contributed by atoms with van der Waals surface area (Å²) >= 11 is 1.55. The van der Waals surface area contributed by atoms with E-state index < -0.39 is 0 Å². The fourth-order valence-corrected chi connectivity index (χ4v) is 3.55. The third-order valence-electron chi connectivity index (χ3n) is 4.18. The first-order valence-corrected chi connectivity index (χ1v) is 8.87. The maximum Gasteiger partial charge on any atom is 0.252 e. The summed E-state index contributed by atoms with van der Waals surface area (Å²) in [6.45, 7) is 3.97. The molecule has 3 rings (SSSR count). The molecule has 4 heteroatoms. The van der Waals surface area contributed by atoms with E-state index in [-0.39, 0.29) is 5.91 Å². The summed E-state index contributed by atoms with van der Waals surface area (Å²) in [7, 11) is 0. The summed E-state index contributed by atoms with van der Waals surface area (Å²) in [5.41, 5.74) is 3.30. The molecule has 0 radical (unpaired) electrons. The van der Waals surface area contributed by atoms with Crippen LogP contribution in [0, 0.1) is 0 Å². The zero-order valence-corrected chi connectivity index (χ0v) is 13.6. The SMILES string of the molecule is O=C(NCc1ccccc1CN1CCCCC1)c1ccsc1. The number of thiophene rings is 1. The lowest BCUT2D eigenvalue weighted by atomic mass is 10.0. The molecule has 2 aromatic rings. The molecule has 0 saturated carbocycles. The average Bonchev–Trinajstić information content (AvgIpc) is 3.09. The number of benzene rings is 1. The van der Waals surface area contributed by atoms with Crippen molar-refractivity contribution in [3.8, 4) is 0 Å². The largest absolute Gasteiger partial charge is 0.348 e. The van der Waals surface area contributed by atoms with Crippen LogP contribution in [0.15, 0.2) is 41.1 Å². The van der Waals surface area contributed by atoms with Crippen LogP contribution >= 0.6 is 11.3 Å². The van der Waals surface area contributed by atoms with Crippen molar-refractivity contribution in [1.82, 2.24) is 10.2 Å². The van der Waals surface area contributed by atoms with Crippen LogP contribution in [-0.4, -0.2) is 23.9 Å². The highest BCUT2D eigenvalue weighted by atomic mass is 32.1. The minimum absolute atomic E-state index is 0.00836. The van der Waals surface area contributed by atoms with Gasteiger partial charge in [0.2, 0.25) is 0 Å². The molecule has 22 heavy (non-hydrogen) atoms. The number of nitrogens with one attached hydrogen (secondary N) is 1. The first-order chi connectivity index (χ1) is 10.8. The number of carbonyl (C=O) groups is 1. The lowest BCUT2D eigenvalue weighted by Crippen LogP contribution is -2.30. The molecule has 0 unspecified atom stereocenters. The molecule has 3 nitrogen and oxygen atoms in total. The topological polar surface area (TPSA) is 32.3 Å². The predicted octanol–water partition coefficient (Wildman–Crippen LogP) is 3.66. The zero-order chi connectivity index (χ0) is 15.2. The van der Waals surface area contributed by atoms with Gasteiger partial charge in [-0.15, -0.1) is 0 Å². The molecule has 0 spiro atoms. The molecular weight excluding hydrogens is 292 g/mol. The molecule has 1 amide bonds. The minimum Gasteiger partial charge on any atom is -0.348 e. The van der Waals surface area contributed by atoms with E-state index >= 15 is 0 Å². The quantitative estimate of drug-likeness (QED) is 0.913. The highest BCUT2D eigenvalue weighted by molar-refractivity contribution is 7.08. The van der Waals surface area contributed by atoms with Crippen LogP contribution in [0.25, 0.3) is 0 Å². The van der Waals surface area contributed by atoms with Crippen LogP contribution in [0.3, 0.4) is 0 Å². The second kappa shape index (κ2) is 7.56. The lowest BCUT2D eigenvalue weighted by Gasteiger charge is -2.27. The van der Waals surface area contributed by atoms with E-state index in [9.17, 15) is 4.79 Å². The number of nitrogens with zero attached hydrogens (tertiary/aromatic N) is 1. The monoisotopic (exact) mass is 314 g/mol. The highest BCUT2D eigenvalue weighted by Crippen LogP contribution is 2.16. The first-order valence-electron chi connectivity index (χ1n) is 7.92. The maximum atomic E-state index is 12.1. The molecule has 2 heterocycles. The number of amides is 1. The summed E-state index contributed by atoms with van der Waals surface area (Å²) < 4.78 is 0. The van der Waals surface area contributed by atoms with Gasteiger partial charge in [-0.1, -0.05) is 30.7 Å². The van der Waals surface area contributed by atoms with Crippen molar-refractivity contribution in [2.75, 3.05) is 13.1 Å². The Hall–Kier alpha value is -1.65. The summed E-state index contributed by atoms with van der Waals surface area (Å²) in [6.07, 6.45) is 3.96. The smallest absolute Gasteiger partial charge is 0.252 e. The van der Waals surface area contributed by atoms with E-state index in [4.69, 9.17) is 0 Å². The van der Waals surface area contributed by atoms with E-state index in [2.05, 4.69) is 28.4 Å². The number of piperidine rings is 1. The van der Waals surface area contributed by atoms with Crippen molar-refractivity contribution in [2.45, 2.75) is 32.4 Å². The van der Waals surface area contributed by atoms with Crippen LogP contribution in [0.1, 0.15) is 40.7 Å². The number of rotatable bonds is 5. The van der Waals surface area contributed by atoms with Gasteiger partial charge in [-0.25, -0.2) is 0 Å². The standard InChI is InChI=1S/C18H22N2OS/c21-18(17-8-11-22-14-17)19-12-15-6-2-3-7-16(15)13-20-9-4-1-5-10-20/h2-3,6-8,11,14H,1,4-5,9-10,12-13H2,(H,19,21). The second-order valence-electron chi connectivity index (χ2n) is 5.80. The van der Waals surface area contributed by atoms with Gasteiger partial charge in [0.1, 0.15) is 0 Å². The van der Waals surface area contributed by atoms with E-state index in [1.54, 1.807) is 11.3 Å². The highest BCUT2D eigenvalue weighted by Gasteiger charge is 2.13. The summed E-state index contributed by atoms with van der Waals surface area (Å²) in [5.74, 6) is 0.00836. The molecule has 1 aliphatic heterocycles. The molecule has 1 aromatic carbocycles. The van der Waals surface area contributed by atoms with Gasteiger partial charge in [0, 0.05) is 24.0 Å². The third kappa shape index (κ3) is 3.96. The van der Waals surface area contributed by atoms with Gasteiger partial charge in [-0.2, -0.15) is 11.3 Å². The molecule has 116 valence electrons. The Morgan fingerprint density at radius 2 is 1.86 bits per heavy atom. The van der Waals surface area contributed by atoms with Gasteiger partial charge in [0.05, 0.1) is 0 Å². The summed E-state index contributed by atoms with van der Waals surface area (Å²) in [6, 6.07) is 10.3. The Kier molecular flexibility index (Phi) is 5.24. The van der Waals surface area contributed by atoms with E-state index in [0.717, 1.165) is 12.1 Å². The van der Waals surface area contributed by atoms with Crippen LogP contribution < -0.4 is 5.32 Å². The van der Waals surface area contributed by atoms with Crippen LogP contribution in [0.5, 0.6) is 0 Å². The van der Waals surface area contributed by atoms with Gasteiger partial charge in [0.25, 0.3) is 5.91 Å². The summed E-state index contributed by atoms with van der Waals surface area (Å²) in [4.78, 5) is 14.6. The van der Waals surface area contributed by atoms with Gasteiger partial charge in [0.15, 0.2) is 0 Å². The van der Waals surface area contributed by atoms with Gasteiger partial charge in [-0.3, -0.25) is 9.69 Å². The van der Waals surface area contributed by atoms with Crippen LogP contribution in [-0.2, 0) is 13.1 Å². The molecule has 1 aromatic heterocycles. The summed E-state index contributed by atoms with van der Waals surface area (Å²) in [5, 5.41) is 6.84. The third-order valence-corrected chi connectivity index (χ3v) is 4.87. The minimum atomic E-state index is 0.00836. The maximum absolute atomic E-state index is 12.1. The normalized spacial score (nSPS) is 15.6. The van der Waals surface area contributed by atoms with Gasteiger partial charge < -0.3 is 5.32 Å². The number of hydrogen-bond donors (Lipinski definition) is 1. The average molecular weight is 314 g/mol. The van der Waals surface area contributed by atoms with Crippen LogP contribution in [0.2, 0.25) is 0 Å². The lowest BCUT2D eigenvalue weighted by molar-refractivity contribution is 0.0951. The van der Waals surface area contributed by atoms with Crippen molar-refractivity contribution in [3.05, 3.63) is 57.8 Å². The molecular formula is C18H22N2OS. The van der Waals surface area contributed by atoms with Crippen molar-refractivity contribution in [2.24, 2.45) is 0 Å². The van der Waals surface area contributed by atoms with Gasteiger partial charge >= 0.3 is 0 Å². The van der Waals surface area contributed by atoms with Crippen molar-refractivity contribution in [1.29, 1.82) is 0 Å². The molecule has 0 bridgehead atoms. The van der Waals surface area contributed by atoms with E-state index in [0.29, 0.717) is 6.54 Å². The Labute approximate surface area is 136 Å². The number of hydrogen-bond acceptors (Lipinski definition) is 3. The second-order valence-corrected chi connectivity index (χ2v) is 6.58. The molecule has 1 N–H and O–H groups in total. The molecule has 1 aliphatic rings. The van der Waals surface area contributed by atoms with E-state index in [1.807, 2.05) is 22.9 Å². The molecule has 0 atom stereocenters. The Morgan fingerprint density at radius 3 is 2.59 bits per heavy atom. The number of carbonyl (C=O) groups excluding carboxylic acids is 1. The predicted molar refractivity (Wildman–Crippen MR) is 91.1 cm³/mol. The molecule has 1 saturated heterocycles. The first kappa shape index (κ1) is 15.3. The van der Waals surface area contributed by atoms with Gasteiger partial charge in [-0.05, 0) is 48.5 Å². The van der Waals surface area contributed by atoms with Crippen molar-refractivity contribution < 1.29 is 4.79 Å². The zero-order valence-electron chi connectivity index (χ0n) is 12.8. The van der Waals surface area contributed by atoms with E-state index in [1.165, 1.54) is 43.5 Å². The Bertz CT molecular complexity index is 603. The fourth-order valence-electron chi connectivity index (χ4n) is 2.91. The number of likely N-dealkylation sites (tertiary alicyclic amines) is 1. The molecule has 0 aliphatic carbocycles. The Morgan fingerprint density at radius 1 is 1.09 bits per heavy atom. The molecule has 1 fully saturated rings. The fraction of sp³-hybridized carbons (Fsp3) is 0.389.